The number of ketones is 1. The van der Waals surface area contributed by atoms with Gasteiger partial charge in [0.05, 0.1) is 32.0 Å². The summed E-state index contributed by atoms with van der Waals surface area (Å²) in [6.07, 6.45) is 1.55. The second-order valence-corrected chi connectivity index (χ2v) is 8.73. The van der Waals surface area contributed by atoms with Crippen molar-refractivity contribution < 1.29 is 42.9 Å². The minimum atomic E-state index is -1.37. The zero-order valence-electron chi connectivity index (χ0n) is 23.1. The normalized spacial score (nSPS) is 11.0. The van der Waals surface area contributed by atoms with Crippen LogP contribution in [0.4, 0.5) is 0 Å². The van der Waals surface area contributed by atoms with Gasteiger partial charge in [0.2, 0.25) is 5.78 Å². The molecule has 9 nitrogen and oxygen atoms in total. The number of carbonyl (C=O) groups excluding carboxylic acids is 4. The minimum Gasteiger partial charge on any atom is -0.493 e. The standard InChI is InChI=1S/C33H32O9/c1-3-29(34)40-21-11-19-38-26-17-18-28(39-20-12-22-41-30(35)4-2)27(23-26)32(31(36)24-13-7-5-8-14-24)42-33(37)25-15-9-6-10-16-25/h3-10,13-18,23,32H,1-2,11-12,19-22H2. The van der Waals surface area contributed by atoms with E-state index in [0.717, 1.165) is 12.2 Å². The zero-order valence-corrected chi connectivity index (χ0v) is 23.1. The predicted octanol–water partition coefficient (Wildman–Crippen LogP) is 5.46. The fraction of sp³-hybridized carbons (Fsp3) is 0.212. The first-order valence-electron chi connectivity index (χ1n) is 13.3. The van der Waals surface area contributed by atoms with Crippen LogP contribution in [-0.2, 0) is 23.8 Å². The van der Waals surface area contributed by atoms with Crippen LogP contribution in [-0.4, -0.2) is 50.1 Å². The lowest BCUT2D eigenvalue weighted by molar-refractivity contribution is -0.138. The van der Waals surface area contributed by atoms with Crippen LogP contribution in [0.3, 0.4) is 0 Å². The fourth-order valence-electron chi connectivity index (χ4n) is 3.67. The molecule has 0 bridgehead atoms. The third kappa shape index (κ3) is 9.78. The number of esters is 3. The summed E-state index contributed by atoms with van der Waals surface area (Å²) < 4.78 is 27.6. The van der Waals surface area contributed by atoms with Crippen molar-refractivity contribution in [2.45, 2.75) is 18.9 Å². The van der Waals surface area contributed by atoms with Crippen LogP contribution in [0.1, 0.15) is 45.2 Å². The highest BCUT2D eigenvalue weighted by atomic mass is 16.6. The molecule has 0 heterocycles. The van der Waals surface area contributed by atoms with Gasteiger partial charge in [-0.05, 0) is 30.3 Å². The molecule has 0 N–H and O–H groups in total. The molecule has 9 heteroatoms. The topological polar surface area (TPSA) is 114 Å². The van der Waals surface area contributed by atoms with E-state index in [1.807, 2.05) is 0 Å². The number of hydrogen-bond acceptors (Lipinski definition) is 9. The van der Waals surface area contributed by atoms with E-state index in [2.05, 4.69) is 13.2 Å². The number of ether oxygens (including phenoxy) is 5. The molecule has 42 heavy (non-hydrogen) atoms. The van der Waals surface area contributed by atoms with Crippen molar-refractivity contribution in [1.82, 2.24) is 0 Å². The Morgan fingerprint density at radius 3 is 1.79 bits per heavy atom. The molecule has 0 amide bonds. The van der Waals surface area contributed by atoms with Crippen LogP contribution in [0.15, 0.2) is 104 Å². The summed E-state index contributed by atoms with van der Waals surface area (Å²) in [5, 5.41) is 0. The Bertz CT molecular complexity index is 1370. The molecule has 0 aliphatic rings. The van der Waals surface area contributed by atoms with Crippen LogP contribution in [0.5, 0.6) is 11.5 Å². The molecule has 218 valence electrons. The van der Waals surface area contributed by atoms with E-state index >= 15 is 0 Å². The Kier molecular flexibility index (Phi) is 12.6. The van der Waals surface area contributed by atoms with Crippen molar-refractivity contribution in [2.24, 2.45) is 0 Å². The first kappa shape index (κ1) is 31.3. The average molecular weight is 573 g/mol. The molecular formula is C33H32O9. The maximum atomic E-state index is 13.8. The molecule has 0 aromatic heterocycles. The van der Waals surface area contributed by atoms with Gasteiger partial charge in [-0.1, -0.05) is 61.7 Å². The van der Waals surface area contributed by atoms with E-state index in [4.69, 9.17) is 23.7 Å². The summed E-state index contributed by atoms with van der Waals surface area (Å²) in [5.74, 6) is -1.56. The van der Waals surface area contributed by atoms with Gasteiger partial charge in [-0.3, -0.25) is 4.79 Å². The van der Waals surface area contributed by atoms with E-state index < -0.39 is 29.8 Å². The van der Waals surface area contributed by atoms with Gasteiger partial charge >= 0.3 is 17.9 Å². The molecule has 0 fully saturated rings. The molecule has 3 aromatic carbocycles. The Morgan fingerprint density at radius 2 is 1.21 bits per heavy atom. The summed E-state index contributed by atoms with van der Waals surface area (Å²) >= 11 is 0. The van der Waals surface area contributed by atoms with Crippen molar-refractivity contribution >= 4 is 23.7 Å². The highest BCUT2D eigenvalue weighted by molar-refractivity contribution is 6.02. The van der Waals surface area contributed by atoms with Gasteiger partial charge in [-0.15, -0.1) is 0 Å². The Hall–Kier alpha value is -5.18. The van der Waals surface area contributed by atoms with Crippen LogP contribution in [0.2, 0.25) is 0 Å². The molecule has 1 atom stereocenters. The highest BCUT2D eigenvalue weighted by Gasteiger charge is 2.30. The van der Waals surface area contributed by atoms with Crippen LogP contribution in [0, 0.1) is 0 Å². The third-order valence-electron chi connectivity index (χ3n) is 5.72. The lowest BCUT2D eigenvalue weighted by Crippen LogP contribution is -2.21. The fourth-order valence-corrected chi connectivity index (χ4v) is 3.67. The number of rotatable bonds is 17. The zero-order chi connectivity index (χ0) is 30.2. The molecule has 1 unspecified atom stereocenters. The Morgan fingerprint density at radius 1 is 0.667 bits per heavy atom. The van der Waals surface area contributed by atoms with Gasteiger partial charge < -0.3 is 23.7 Å². The largest absolute Gasteiger partial charge is 0.493 e. The maximum absolute atomic E-state index is 13.8. The first-order chi connectivity index (χ1) is 20.4. The Balaban J connectivity index is 1.89. The smallest absolute Gasteiger partial charge is 0.339 e. The third-order valence-corrected chi connectivity index (χ3v) is 5.72. The summed E-state index contributed by atoms with van der Waals surface area (Å²) in [4.78, 5) is 49.5. The van der Waals surface area contributed by atoms with Gasteiger partial charge in [0.15, 0.2) is 6.10 Å². The van der Waals surface area contributed by atoms with E-state index in [-0.39, 0.29) is 43.3 Å². The van der Waals surface area contributed by atoms with Gasteiger partial charge in [0, 0.05) is 36.1 Å². The SMILES string of the molecule is C=CC(=O)OCCCOc1ccc(OCCCOC(=O)C=C)c(C(OC(=O)c2ccccc2)C(=O)c2ccccc2)c1. The minimum absolute atomic E-state index is 0.104. The van der Waals surface area contributed by atoms with Crippen molar-refractivity contribution in [3.05, 3.63) is 121 Å². The van der Waals surface area contributed by atoms with E-state index in [9.17, 15) is 19.2 Å². The van der Waals surface area contributed by atoms with Gasteiger partial charge in [-0.2, -0.15) is 0 Å². The second kappa shape index (κ2) is 16.8. The maximum Gasteiger partial charge on any atom is 0.339 e. The molecule has 3 rings (SSSR count). The van der Waals surface area contributed by atoms with Gasteiger partial charge in [0.25, 0.3) is 0 Å². The predicted molar refractivity (Wildman–Crippen MR) is 154 cm³/mol. The van der Waals surface area contributed by atoms with Gasteiger partial charge in [-0.25, -0.2) is 14.4 Å². The average Bonchev–Trinajstić information content (AvgIpc) is 3.03. The first-order valence-corrected chi connectivity index (χ1v) is 13.3. The molecule has 0 radical (unpaired) electrons. The molecular weight excluding hydrogens is 540 g/mol. The number of Topliss-reactive ketones (excluding diaryl/α,β-unsaturated/α-hetero) is 1. The highest BCUT2D eigenvalue weighted by Crippen LogP contribution is 2.35. The van der Waals surface area contributed by atoms with Crippen molar-refractivity contribution in [1.29, 1.82) is 0 Å². The quantitative estimate of drug-likeness (QED) is 0.0683. The number of hydrogen-bond donors (Lipinski definition) is 0. The van der Waals surface area contributed by atoms with Crippen LogP contribution in [0.25, 0.3) is 0 Å². The summed E-state index contributed by atoms with van der Waals surface area (Å²) in [7, 11) is 0. The van der Waals surface area contributed by atoms with E-state index in [0.29, 0.717) is 24.2 Å². The van der Waals surface area contributed by atoms with Crippen molar-refractivity contribution in [2.75, 3.05) is 26.4 Å². The number of carbonyl (C=O) groups is 4. The van der Waals surface area contributed by atoms with Crippen LogP contribution >= 0.6 is 0 Å². The van der Waals surface area contributed by atoms with Crippen LogP contribution < -0.4 is 9.47 Å². The molecule has 0 aliphatic heterocycles. The molecule has 0 saturated heterocycles. The lowest BCUT2D eigenvalue weighted by Gasteiger charge is -2.21. The summed E-state index contributed by atoms with van der Waals surface area (Å²) in [5.41, 5.74) is 0.879. The van der Waals surface area contributed by atoms with Gasteiger partial charge in [0.1, 0.15) is 11.5 Å². The molecule has 0 saturated carbocycles. The molecule has 3 aromatic rings. The molecule has 0 aliphatic carbocycles. The Labute approximate surface area is 244 Å². The molecule has 0 spiro atoms. The van der Waals surface area contributed by atoms with Crippen molar-refractivity contribution in [3.8, 4) is 11.5 Å². The number of benzene rings is 3. The van der Waals surface area contributed by atoms with Crippen molar-refractivity contribution in [3.63, 3.8) is 0 Å². The van der Waals surface area contributed by atoms with E-state index in [1.165, 1.54) is 0 Å². The summed E-state index contributed by atoms with van der Waals surface area (Å²) in [6, 6.07) is 21.6. The van der Waals surface area contributed by atoms with E-state index in [1.54, 1.807) is 78.9 Å². The summed E-state index contributed by atoms with van der Waals surface area (Å²) in [6.45, 7) is 7.31. The second-order valence-electron chi connectivity index (χ2n) is 8.73. The lowest BCUT2D eigenvalue weighted by atomic mass is 9.98. The monoisotopic (exact) mass is 572 g/mol.